The van der Waals surface area contributed by atoms with Crippen LogP contribution in [-0.4, -0.2) is 12.7 Å². The second-order valence-corrected chi connectivity index (χ2v) is 10.0. The maximum absolute atomic E-state index is 14.7. The molecule has 2 aromatic rings. The summed E-state index contributed by atoms with van der Waals surface area (Å²) in [5.74, 6) is -4.14. The van der Waals surface area contributed by atoms with Crippen molar-refractivity contribution in [2.24, 2.45) is 17.8 Å². The van der Waals surface area contributed by atoms with Crippen molar-refractivity contribution in [3.05, 3.63) is 59.4 Å². The third-order valence-corrected chi connectivity index (χ3v) is 7.72. The van der Waals surface area contributed by atoms with Crippen molar-refractivity contribution >= 4 is 0 Å². The van der Waals surface area contributed by atoms with E-state index in [4.69, 9.17) is 4.74 Å². The summed E-state index contributed by atoms with van der Waals surface area (Å²) in [7, 11) is 0. The van der Waals surface area contributed by atoms with Crippen LogP contribution >= 0.6 is 0 Å². The highest BCUT2D eigenvalue weighted by Crippen LogP contribution is 2.47. The van der Waals surface area contributed by atoms with Gasteiger partial charge in [-0.15, -0.1) is 0 Å². The molecule has 0 heterocycles. The minimum atomic E-state index is -3.56. The normalized spacial score (nSPS) is 25.3. The fourth-order valence-electron chi connectivity index (χ4n) is 5.74. The first kappa shape index (κ1) is 25.8. The monoisotopic (exact) mass is 496 g/mol. The minimum absolute atomic E-state index is 0.295. The van der Waals surface area contributed by atoms with E-state index >= 15 is 0 Å². The minimum Gasteiger partial charge on any atom is -0.494 e. The van der Waals surface area contributed by atoms with E-state index in [-0.39, 0.29) is 0 Å². The summed E-state index contributed by atoms with van der Waals surface area (Å²) in [6.45, 7) is 2.80. The molecule has 2 aliphatic carbocycles. The first-order chi connectivity index (χ1) is 16.8. The first-order valence-electron chi connectivity index (χ1n) is 12.7. The quantitative estimate of drug-likeness (QED) is 0.269. The Balaban J connectivity index is 1.25. The van der Waals surface area contributed by atoms with Gasteiger partial charge in [-0.3, -0.25) is 0 Å². The molecular formula is C28H33F5O2. The molecule has 2 saturated carbocycles. The largest absolute Gasteiger partial charge is 0.494 e. The molecule has 0 unspecified atom stereocenters. The van der Waals surface area contributed by atoms with Crippen molar-refractivity contribution in [3.8, 4) is 11.5 Å². The molecule has 0 saturated heterocycles. The number of rotatable bonds is 8. The summed E-state index contributed by atoms with van der Waals surface area (Å²) in [5, 5.41) is 0. The van der Waals surface area contributed by atoms with E-state index in [0.29, 0.717) is 62.2 Å². The fraction of sp³-hybridized carbons (Fsp3) is 0.571. The molecule has 0 amide bonds. The molecule has 0 atom stereocenters. The van der Waals surface area contributed by atoms with Crippen LogP contribution in [0.3, 0.4) is 0 Å². The third kappa shape index (κ3) is 6.28. The van der Waals surface area contributed by atoms with E-state index in [1.54, 1.807) is 0 Å². The molecule has 7 heteroatoms. The molecule has 0 N–H and O–H groups in total. The van der Waals surface area contributed by atoms with Crippen LogP contribution in [0, 0.1) is 35.2 Å². The van der Waals surface area contributed by atoms with Crippen molar-refractivity contribution in [3.63, 3.8) is 0 Å². The zero-order chi connectivity index (χ0) is 25.0. The molecule has 0 aromatic heterocycles. The zero-order valence-corrected chi connectivity index (χ0v) is 20.1. The Morgan fingerprint density at radius 1 is 0.771 bits per heavy atom. The zero-order valence-electron chi connectivity index (χ0n) is 20.1. The van der Waals surface area contributed by atoms with Crippen LogP contribution in [0.2, 0.25) is 0 Å². The first-order valence-corrected chi connectivity index (χ1v) is 12.7. The van der Waals surface area contributed by atoms with Gasteiger partial charge in [-0.05, 0) is 93.2 Å². The van der Waals surface area contributed by atoms with E-state index in [2.05, 4.69) is 23.8 Å². The maximum Gasteiger partial charge on any atom is 0.400 e. The molecule has 192 valence electrons. The van der Waals surface area contributed by atoms with Crippen molar-refractivity contribution in [2.45, 2.75) is 76.7 Å². The summed E-state index contributed by atoms with van der Waals surface area (Å²) >= 11 is 0. The summed E-state index contributed by atoms with van der Waals surface area (Å²) in [5.41, 5.74) is 1.33. The lowest BCUT2D eigenvalue weighted by Gasteiger charge is -2.39. The predicted molar refractivity (Wildman–Crippen MR) is 124 cm³/mol. The Hall–Kier alpha value is -2.31. The topological polar surface area (TPSA) is 18.5 Å². The number of halogens is 5. The lowest BCUT2D eigenvalue weighted by atomic mass is 9.68. The third-order valence-electron chi connectivity index (χ3n) is 7.72. The standard InChI is InChI=1S/C28H33F5O2/c1-2-15-34-23-13-9-21(10-14-23)19-5-3-18(4-6-19)20-7-11-22(12-8-20)28(32,33)35-24-16-25(29)27(31)26(30)17-24/h9-10,13-14,16-20,22H,2-8,11-12,15H2,1H3. The van der Waals surface area contributed by atoms with Gasteiger partial charge in [0.1, 0.15) is 11.5 Å². The molecule has 2 fully saturated rings. The molecule has 4 rings (SSSR count). The van der Waals surface area contributed by atoms with E-state index in [0.717, 1.165) is 37.9 Å². The molecular weight excluding hydrogens is 463 g/mol. The molecule has 0 spiro atoms. The highest BCUT2D eigenvalue weighted by Gasteiger charge is 2.45. The van der Waals surface area contributed by atoms with Gasteiger partial charge in [0.05, 0.1) is 12.5 Å². The second-order valence-electron chi connectivity index (χ2n) is 10.0. The molecule has 0 aliphatic heterocycles. The summed E-state index contributed by atoms with van der Waals surface area (Å²) in [6.07, 6.45) is 3.76. The Kier molecular flexibility index (Phi) is 8.23. The van der Waals surface area contributed by atoms with Crippen LogP contribution in [-0.2, 0) is 0 Å². The average molecular weight is 497 g/mol. The lowest BCUT2D eigenvalue weighted by molar-refractivity contribution is -0.224. The number of benzene rings is 2. The molecule has 2 aromatic carbocycles. The summed E-state index contributed by atoms with van der Waals surface area (Å²) in [6, 6.07) is 9.30. The van der Waals surface area contributed by atoms with Crippen molar-refractivity contribution in [1.29, 1.82) is 0 Å². The fourth-order valence-corrected chi connectivity index (χ4v) is 5.74. The lowest BCUT2D eigenvalue weighted by Crippen LogP contribution is -2.38. The van der Waals surface area contributed by atoms with Gasteiger partial charge < -0.3 is 9.47 Å². The molecule has 0 radical (unpaired) electrons. The maximum atomic E-state index is 14.7. The average Bonchev–Trinajstić information content (AvgIpc) is 2.86. The van der Waals surface area contributed by atoms with Crippen LogP contribution in [0.4, 0.5) is 22.0 Å². The molecule has 0 bridgehead atoms. The van der Waals surface area contributed by atoms with Gasteiger partial charge >= 0.3 is 6.11 Å². The Morgan fingerprint density at radius 2 is 1.31 bits per heavy atom. The number of hydrogen-bond donors (Lipinski definition) is 0. The van der Waals surface area contributed by atoms with Gasteiger partial charge in [0, 0.05) is 12.1 Å². The van der Waals surface area contributed by atoms with Gasteiger partial charge in [0.2, 0.25) is 0 Å². The van der Waals surface area contributed by atoms with Gasteiger partial charge in [-0.25, -0.2) is 13.2 Å². The van der Waals surface area contributed by atoms with Gasteiger partial charge in [-0.1, -0.05) is 19.1 Å². The van der Waals surface area contributed by atoms with Crippen molar-refractivity contribution < 1.29 is 31.4 Å². The van der Waals surface area contributed by atoms with Crippen LogP contribution in [0.25, 0.3) is 0 Å². The van der Waals surface area contributed by atoms with Gasteiger partial charge in [0.15, 0.2) is 17.5 Å². The van der Waals surface area contributed by atoms with Crippen molar-refractivity contribution in [2.75, 3.05) is 6.61 Å². The van der Waals surface area contributed by atoms with Crippen LogP contribution in [0.15, 0.2) is 36.4 Å². The second kappa shape index (κ2) is 11.2. The number of hydrogen-bond acceptors (Lipinski definition) is 2. The predicted octanol–water partition coefficient (Wildman–Crippen LogP) is 8.64. The molecule has 2 nitrogen and oxygen atoms in total. The Bertz CT molecular complexity index is 939. The van der Waals surface area contributed by atoms with Crippen LogP contribution in [0.1, 0.15) is 76.2 Å². The van der Waals surface area contributed by atoms with Crippen molar-refractivity contribution in [1.82, 2.24) is 0 Å². The highest BCUT2D eigenvalue weighted by molar-refractivity contribution is 5.30. The van der Waals surface area contributed by atoms with Crippen LogP contribution < -0.4 is 9.47 Å². The van der Waals surface area contributed by atoms with E-state index in [1.165, 1.54) is 5.56 Å². The Labute approximate surface area is 203 Å². The smallest absolute Gasteiger partial charge is 0.400 e. The number of alkyl halides is 2. The van der Waals surface area contributed by atoms with E-state index in [1.807, 2.05) is 12.1 Å². The summed E-state index contributed by atoms with van der Waals surface area (Å²) in [4.78, 5) is 0. The Morgan fingerprint density at radius 3 is 1.86 bits per heavy atom. The van der Waals surface area contributed by atoms with Gasteiger partial charge in [-0.2, -0.15) is 8.78 Å². The SMILES string of the molecule is CCCOc1ccc(C2CCC(C3CCC(C(F)(F)Oc4cc(F)c(F)c(F)c4)CC3)CC2)cc1. The molecule has 2 aliphatic rings. The highest BCUT2D eigenvalue weighted by atomic mass is 19.3. The van der Waals surface area contributed by atoms with Crippen LogP contribution in [0.5, 0.6) is 11.5 Å². The van der Waals surface area contributed by atoms with Gasteiger partial charge in [0.25, 0.3) is 0 Å². The number of ether oxygens (including phenoxy) is 2. The molecule has 35 heavy (non-hydrogen) atoms. The van der Waals surface area contributed by atoms with E-state index in [9.17, 15) is 22.0 Å². The van der Waals surface area contributed by atoms with E-state index < -0.39 is 35.2 Å². The summed E-state index contributed by atoms with van der Waals surface area (Å²) < 4.78 is 79.5.